The molecule has 0 heterocycles. The lowest BCUT2D eigenvalue weighted by molar-refractivity contribution is 0.581. The van der Waals surface area contributed by atoms with E-state index >= 15 is 0 Å². The Morgan fingerprint density at radius 1 is 1.50 bits per heavy atom. The lowest BCUT2D eigenvalue weighted by atomic mass is 10.4. The fourth-order valence-electron chi connectivity index (χ4n) is 0.952. The fraction of sp³-hybridized carbons (Fsp3) is 0.333. The van der Waals surface area contributed by atoms with Crippen LogP contribution in [0.1, 0.15) is 6.92 Å². The zero-order valence-electron chi connectivity index (χ0n) is 8.38. The van der Waals surface area contributed by atoms with Crippen molar-refractivity contribution in [1.82, 2.24) is 4.72 Å². The van der Waals surface area contributed by atoms with Crippen LogP contribution in [0.5, 0.6) is 0 Å². The third-order valence-corrected chi connectivity index (χ3v) is 4.55. The van der Waals surface area contributed by atoms with Gasteiger partial charge in [0.2, 0.25) is 10.0 Å². The molecule has 3 nitrogen and oxygen atoms in total. The molecule has 0 aliphatic carbocycles. The second-order valence-electron chi connectivity index (χ2n) is 3.21. The molecule has 7 heteroatoms. The highest BCUT2D eigenvalue weighted by molar-refractivity contribution is 9.10. The summed E-state index contributed by atoms with van der Waals surface area (Å²) in [6.45, 7) is 1.89. The van der Waals surface area contributed by atoms with E-state index in [1.165, 1.54) is 18.2 Å². The van der Waals surface area contributed by atoms with E-state index in [-0.39, 0.29) is 16.8 Å². The Hall–Kier alpha value is 0.190. The van der Waals surface area contributed by atoms with Crippen molar-refractivity contribution in [3.05, 3.63) is 27.7 Å². The highest BCUT2D eigenvalue weighted by Crippen LogP contribution is 2.25. The van der Waals surface area contributed by atoms with Crippen LogP contribution in [-0.4, -0.2) is 20.3 Å². The minimum Gasteiger partial charge on any atom is -0.210 e. The van der Waals surface area contributed by atoms with Crippen LogP contribution >= 0.6 is 39.1 Å². The summed E-state index contributed by atoms with van der Waals surface area (Å²) < 4.78 is 26.5. The summed E-state index contributed by atoms with van der Waals surface area (Å²) in [6.07, 6.45) is 0. The van der Waals surface area contributed by atoms with Crippen LogP contribution in [0.15, 0.2) is 27.6 Å². The SMILES string of the molecule is CC(Cl)CNS(=O)(=O)c1ccc(Cl)c(Br)c1. The topological polar surface area (TPSA) is 46.2 Å². The maximum Gasteiger partial charge on any atom is 0.240 e. The van der Waals surface area contributed by atoms with Gasteiger partial charge in [-0.05, 0) is 41.1 Å². The first-order chi connectivity index (χ1) is 7.33. The first kappa shape index (κ1) is 14.3. The van der Waals surface area contributed by atoms with Crippen molar-refractivity contribution in [3.63, 3.8) is 0 Å². The molecule has 1 N–H and O–H groups in total. The summed E-state index contributed by atoms with van der Waals surface area (Å²) in [7, 11) is -3.52. The molecule has 0 aliphatic heterocycles. The monoisotopic (exact) mass is 345 g/mol. The largest absolute Gasteiger partial charge is 0.240 e. The minimum absolute atomic E-state index is 0.154. The molecule has 0 bridgehead atoms. The van der Waals surface area contributed by atoms with Gasteiger partial charge in [0.1, 0.15) is 0 Å². The number of halogens is 3. The lowest BCUT2D eigenvalue weighted by Gasteiger charge is -2.08. The third kappa shape index (κ3) is 3.89. The number of rotatable bonds is 4. The molecule has 1 aromatic carbocycles. The van der Waals surface area contributed by atoms with E-state index in [4.69, 9.17) is 23.2 Å². The van der Waals surface area contributed by atoms with E-state index in [1.54, 1.807) is 6.92 Å². The third-order valence-electron chi connectivity index (χ3n) is 1.76. The highest BCUT2D eigenvalue weighted by Gasteiger charge is 2.15. The average Bonchev–Trinajstić information content (AvgIpc) is 2.19. The number of nitrogens with one attached hydrogen (secondary N) is 1. The van der Waals surface area contributed by atoms with Gasteiger partial charge in [-0.1, -0.05) is 11.6 Å². The predicted octanol–water partition coefficient (Wildman–Crippen LogP) is 3.01. The minimum atomic E-state index is -3.52. The maximum absolute atomic E-state index is 11.8. The molecule has 16 heavy (non-hydrogen) atoms. The van der Waals surface area contributed by atoms with Crippen LogP contribution in [-0.2, 0) is 10.0 Å². The van der Waals surface area contributed by atoms with Crippen molar-refractivity contribution in [3.8, 4) is 0 Å². The van der Waals surface area contributed by atoms with Gasteiger partial charge < -0.3 is 0 Å². The van der Waals surface area contributed by atoms with Gasteiger partial charge in [-0.25, -0.2) is 13.1 Å². The Balaban J connectivity index is 2.94. The first-order valence-electron chi connectivity index (χ1n) is 4.41. The molecule has 90 valence electrons. The number of hydrogen-bond donors (Lipinski definition) is 1. The Labute approximate surface area is 113 Å². The molecule has 0 aliphatic rings. The molecule has 0 spiro atoms. The smallest absolute Gasteiger partial charge is 0.210 e. The fourth-order valence-corrected chi connectivity index (χ4v) is 2.92. The molecule has 0 amide bonds. The molecule has 1 aromatic rings. The van der Waals surface area contributed by atoms with Gasteiger partial charge in [0.25, 0.3) is 0 Å². The van der Waals surface area contributed by atoms with Crippen LogP contribution in [0.25, 0.3) is 0 Å². The molecular formula is C9H10BrCl2NO2S. The number of hydrogen-bond acceptors (Lipinski definition) is 2. The van der Waals surface area contributed by atoms with Crippen molar-refractivity contribution in [2.75, 3.05) is 6.54 Å². The molecule has 1 atom stereocenters. The second kappa shape index (κ2) is 5.69. The lowest BCUT2D eigenvalue weighted by Crippen LogP contribution is -2.28. The highest BCUT2D eigenvalue weighted by atomic mass is 79.9. The van der Waals surface area contributed by atoms with Crippen molar-refractivity contribution in [2.24, 2.45) is 0 Å². The van der Waals surface area contributed by atoms with Crippen molar-refractivity contribution < 1.29 is 8.42 Å². The summed E-state index contributed by atoms with van der Waals surface area (Å²) in [5, 5.41) is 0.204. The van der Waals surface area contributed by atoms with Crippen LogP contribution in [0.4, 0.5) is 0 Å². The summed E-state index contributed by atoms with van der Waals surface area (Å²) in [5.74, 6) is 0. The van der Waals surface area contributed by atoms with Crippen LogP contribution < -0.4 is 4.72 Å². The van der Waals surface area contributed by atoms with Crippen molar-refractivity contribution in [2.45, 2.75) is 17.2 Å². The van der Waals surface area contributed by atoms with Gasteiger partial charge in [0.15, 0.2) is 0 Å². The van der Waals surface area contributed by atoms with Crippen molar-refractivity contribution >= 4 is 49.2 Å². The Morgan fingerprint density at radius 3 is 2.62 bits per heavy atom. The molecule has 0 saturated heterocycles. The summed E-state index contributed by atoms with van der Waals surface area (Å²) >= 11 is 14.6. The van der Waals surface area contributed by atoms with Gasteiger partial charge in [-0.3, -0.25) is 0 Å². The zero-order valence-corrected chi connectivity index (χ0v) is 12.3. The quantitative estimate of drug-likeness (QED) is 0.852. The van der Waals surface area contributed by atoms with Gasteiger partial charge in [-0.2, -0.15) is 0 Å². The van der Waals surface area contributed by atoms with Gasteiger partial charge in [0, 0.05) is 16.4 Å². The standard InChI is InChI=1S/C9H10BrCl2NO2S/c1-6(11)5-13-16(14,15)7-2-3-9(12)8(10)4-7/h2-4,6,13H,5H2,1H3. The van der Waals surface area contributed by atoms with Crippen LogP contribution in [0, 0.1) is 0 Å². The molecular weight excluding hydrogens is 337 g/mol. The Bertz CT molecular complexity index is 476. The Kier molecular flexibility index (Phi) is 5.07. The zero-order chi connectivity index (χ0) is 12.3. The molecule has 0 saturated carbocycles. The number of alkyl halides is 1. The van der Waals surface area contributed by atoms with E-state index in [0.717, 1.165) is 0 Å². The van der Waals surface area contributed by atoms with Gasteiger partial charge >= 0.3 is 0 Å². The number of benzene rings is 1. The summed E-state index contributed by atoms with van der Waals surface area (Å²) in [6, 6.07) is 4.40. The first-order valence-corrected chi connectivity index (χ1v) is 7.51. The molecule has 1 rings (SSSR count). The van der Waals surface area contributed by atoms with Crippen molar-refractivity contribution in [1.29, 1.82) is 0 Å². The molecule has 0 radical (unpaired) electrons. The molecule has 0 aromatic heterocycles. The summed E-state index contributed by atoms with van der Waals surface area (Å²) in [4.78, 5) is 0.154. The van der Waals surface area contributed by atoms with E-state index in [9.17, 15) is 8.42 Å². The van der Waals surface area contributed by atoms with Crippen LogP contribution in [0.2, 0.25) is 5.02 Å². The predicted molar refractivity (Wildman–Crippen MR) is 69.7 cm³/mol. The average molecular weight is 347 g/mol. The molecule has 0 fully saturated rings. The number of sulfonamides is 1. The Morgan fingerprint density at radius 2 is 2.12 bits per heavy atom. The van der Waals surface area contributed by atoms with E-state index in [2.05, 4.69) is 20.7 Å². The summed E-state index contributed by atoms with van der Waals surface area (Å²) in [5.41, 5.74) is 0. The van der Waals surface area contributed by atoms with E-state index < -0.39 is 10.0 Å². The molecule has 1 unspecified atom stereocenters. The second-order valence-corrected chi connectivity index (χ2v) is 6.98. The maximum atomic E-state index is 11.8. The normalized spacial score (nSPS) is 13.8. The van der Waals surface area contributed by atoms with Gasteiger partial charge in [0.05, 0.1) is 9.92 Å². The van der Waals surface area contributed by atoms with E-state index in [0.29, 0.717) is 9.50 Å². The van der Waals surface area contributed by atoms with Crippen LogP contribution in [0.3, 0.4) is 0 Å². The van der Waals surface area contributed by atoms with E-state index in [1.807, 2.05) is 0 Å². The van der Waals surface area contributed by atoms with Gasteiger partial charge in [-0.15, -0.1) is 11.6 Å².